The van der Waals surface area contributed by atoms with E-state index in [4.69, 9.17) is 31.2 Å². The minimum absolute atomic E-state index is 0.0657. The van der Waals surface area contributed by atoms with Crippen LogP contribution in [0.25, 0.3) is 0 Å². The predicted octanol–water partition coefficient (Wildman–Crippen LogP) is 6.95. The second-order valence-corrected chi connectivity index (χ2v) is 12.3. The van der Waals surface area contributed by atoms with Gasteiger partial charge in [0.15, 0.2) is 11.6 Å². The molecule has 0 radical (unpaired) electrons. The van der Waals surface area contributed by atoms with Crippen molar-refractivity contribution in [3.8, 4) is 5.75 Å². The van der Waals surface area contributed by atoms with Crippen LogP contribution >= 0.6 is 43.5 Å². The van der Waals surface area contributed by atoms with Gasteiger partial charge in [-0.25, -0.2) is 10.4 Å². The van der Waals surface area contributed by atoms with Gasteiger partial charge in [0.05, 0.1) is 6.61 Å². The Hall–Kier alpha value is -3.21. The number of benzene rings is 4. The molecule has 0 fully saturated rings. The van der Waals surface area contributed by atoms with Crippen LogP contribution in [0.1, 0.15) is 34.8 Å². The van der Waals surface area contributed by atoms with E-state index in [-0.39, 0.29) is 18.9 Å². The van der Waals surface area contributed by atoms with Gasteiger partial charge in [-0.3, -0.25) is 10.2 Å². The first-order chi connectivity index (χ1) is 20.9. The summed E-state index contributed by atoms with van der Waals surface area (Å²) in [5, 5.41) is 9.69. The van der Waals surface area contributed by atoms with Gasteiger partial charge in [-0.1, -0.05) is 85.9 Å². The monoisotopic (exact) mass is 725 g/mol. The Morgan fingerprint density at radius 1 is 0.953 bits per heavy atom. The molecule has 222 valence electrons. The third kappa shape index (κ3) is 7.66. The lowest BCUT2D eigenvalue weighted by Crippen LogP contribution is -2.53. The smallest absolute Gasteiger partial charge is 0.266 e. The molecule has 0 aromatic heterocycles. The Morgan fingerprint density at radius 2 is 1.65 bits per heavy atom. The van der Waals surface area contributed by atoms with Crippen LogP contribution in [0.4, 0.5) is 0 Å². The molecule has 0 bridgehead atoms. The number of carbonyl (C=O) groups is 1. The zero-order chi connectivity index (χ0) is 30.2. The number of rotatable bonds is 12. The normalized spacial score (nSPS) is 17.7. The van der Waals surface area contributed by atoms with Gasteiger partial charge in [-0.05, 0) is 65.7 Å². The van der Waals surface area contributed by atoms with E-state index in [1.54, 1.807) is 0 Å². The molecule has 5 rings (SSSR count). The highest BCUT2D eigenvalue weighted by Crippen LogP contribution is 2.44. The van der Waals surface area contributed by atoms with Crippen molar-refractivity contribution in [1.29, 1.82) is 0 Å². The van der Waals surface area contributed by atoms with Gasteiger partial charge in [0.2, 0.25) is 5.90 Å². The molecule has 1 heterocycles. The Labute approximate surface area is 272 Å². The Bertz CT molecular complexity index is 1570. The van der Waals surface area contributed by atoms with Crippen molar-refractivity contribution in [3.63, 3.8) is 0 Å². The topological polar surface area (TPSA) is 92.2 Å². The van der Waals surface area contributed by atoms with Gasteiger partial charge >= 0.3 is 0 Å². The van der Waals surface area contributed by atoms with Crippen molar-refractivity contribution in [2.24, 2.45) is 4.99 Å². The molecule has 10 heteroatoms. The standard InChI is InChI=1S/C33H30Br2ClN3O4/c34-25-12-6-22(7-13-25)20-33(32(41)39-37-21-23-8-14-26(36)15-9-23)30(28-4-1-2-5-29(28)35)43-31(38-33)24-10-16-27(17-11-24)42-19-3-18-40/h1-2,4-17,30,37,40H,3,18-21H2,(H,39,41)/t30-,33-/m0/s1. The summed E-state index contributed by atoms with van der Waals surface area (Å²) in [4.78, 5) is 19.4. The molecular formula is C33H30Br2ClN3O4. The van der Waals surface area contributed by atoms with Crippen molar-refractivity contribution in [2.75, 3.05) is 13.2 Å². The minimum atomic E-state index is -1.35. The SMILES string of the molecule is O=C(NNCc1ccc(Cl)cc1)[C@@]1(Cc2ccc(Br)cc2)N=C(c2ccc(OCCCO)cc2)O[C@H]1c1ccccc1Br. The summed E-state index contributed by atoms with van der Waals surface area (Å²) in [6, 6.07) is 30.3. The molecule has 1 aliphatic heterocycles. The molecule has 1 amide bonds. The number of halogens is 3. The molecule has 3 N–H and O–H groups in total. The second-order valence-electron chi connectivity index (χ2n) is 10.0. The molecule has 0 spiro atoms. The van der Waals surface area contributed by atoms with Crippen LogP contribution in [0.5, 0.6) is 5.75 Å². The fourth-order valence-corrected chi connectivity index (χ4v) is 5.68. The zero-order valence-electron chi connectivity index (χ0n) is 23.1. The lowest BCUT2D eigenvalue weighted by atomic mass is 9.82. The van der Waals surface area contributed by atoms with Crippen LogP contribution in [-0.2, 0) is 22.5 Å². The number of nitrogens with zero attached hydrogens (tertiary/aromatic N) is 1. The number of ether oxygens (including phenoxy) is 2. The molecule has 1 aliphatic rings. The third-order valence-electron chi connectivity index (χ3n) is 7.01. The number of hydrogen-bond donors (Lipinski definition) is 3. The maximum atomic E-state index is 14.3. The van der Waals surface area contributed by atoms with E-state index in [9.17, 15) is 4.79 Å². The summed E-state index contributed by atoms with van der Waals surface area (Å²) in [5.41, 5.74) is 8.03. The number of aliphatic imine (C=N–C) groups is 1. The Kier molecular flexibility index (Phi) is 10.5. The molecule has 4 aromatic rings. The number of nitrogens with one attached hydrogen (secondary N) is 2. The van der Waals surface area contributed by atoms with E-state index in [2.05, 4.69) is 42.7 Å². The largest absolute Gasteiger partial charge is 0.494 e. The molecule has 4 aromatic carbocycles. The van der Waals surface area contributed by atoms with E-state index in [1.807, 2.05) is 97.1 Å². The minimum Gasteiger partial charge on any atom is -0.494 e. The average molecular weight is 728 g/mol. The quantitative estimate of drug-likeness (QED) is 0.109. The summed E-state index contributed by atoms with van der Waals surface area (Å²) >= 11 is 13.2. The molecule has 0 saturated heterocycles. The van der Waals surface area contributed by atoms with Gasteiger partial charge in [-0.2, -0.15) is 0 Å². The summed E-state index contributed by atoms with van der Waals surface area (Å²) in [7, 11) is 0. The van der Waals surface area contributed by atoms with E-state index >= 15 is 0 Å². The molecular weight excluding hydrogens is 698 g/mol. The molecule has 0 saturated carbocycles. The molecule has 0 aliphatic carbocycles. The van der Waals surface area contributed by atoms with E-state index in [0.29, 0.717) is 41.8 Å². The third-order valence-corrected chi connectivity index (χ3v) is 8.52. The first-order valence-electron chi connectivity index (χ1n) is 13.8. The fraction of sp³-hybridized carbons (Fsp3) is 0.212. The van der Waals surface area contributed by atoms with Crippen LogP contribution in [0, 0.1) is 0 Å². The van der Waals surface area contributed by atoms with E-state index in [1.165, 1.54) is 0 Å². The number of aliphatic hydroxyl groups excluding tert-OH is 1. The number of amides is 1. The van der Waals surface area contributed by atoms with Crippen molar-refractivity contribution in [1.82, 2.24) is 10.9 Å². The molecule has 7 nitrogen and oxygen atoms in total. The van der Waals surface area contributed by atoms with Gasteiger partial charge in [-0.15, -0.1) is 0 Å². The first-order valence-corrected chi connectivity index (χ1v) is 15.7. The van der Waals surface area contributed by atoms with Gasteiger partial charge in [0.1, 0.15) is 5.75 Å². The van der Waals surface area contributed by atoms with Crippen LogP contribution in [0.3, 0.4) is 0 Å². The molecule has 2 atom stereocenters. The summed E-state index contributed by atoms with van der Waals surface area (Å²) in [5.74, 6) is 0.695. The van der Waals surface area contributed by atoms with Gasteiger partial charge < -0.3 is 14.6 Å². The van der Waals surface area contributed by atoms with Gasteiger partial charge in [0.25, 0.3) is 5.91 Å². The maximum Gasteiger partial charge on any atom is 0.266 e. The summed E-state index contributed by atoms with van der Waals surface area (Å²) in [6.07, 6.45) is 0.0944. The van der Waals surface area contributed by atoms with Crippen LogP contribution in [0.2, 0.25) is 5.02 Å². The Morgan fingerprint density at radius 3 is 2.35 bits per heavy atom. The van der Waals surface area contributed by atoms with Crippen molar-refractivity contribution < 1.29 is 19.4 Å². The van der Waals surface area contributed by atoms with Crippen LogP contribution in [-0.4, -0.2) is 35.7 Å². The number of hydrogen-bond acceptors (Lipinski definition) is 6. The van der Waals surface area contributed by atoms with E-state index < -0.39 is 11.6 Å². The summed E-state index contributed by atoms with van der Waals surface area (Å²) in [6.45, 7) is 0.874. The lowest BCUT2D eigenvalue weighted by Gasteiger charge is -2.31. The molecule has 43 heavy (non-hydrogen) atoms. The highest BCUT2D eigenvalue weighted by atomic mass is 79.9. The van der Waals surface area contributed by atoms with E-state index in [0.717, 1.165) is 25.6 Å². The highest BCUT2D eigenvalue weighted by molar-refractivity contribution is 9.10. The van der Waals surface area contributed by atoms with Crippen molar-refractivity contribution in [3.05, 3.63) is 133 Å². The number of hydrazine groups is 1. The van der Waals surface area contributed by atoms with Crippen molar-refractivity contribution >= 4 is 55.3 Å². The Balaban J connectivity index is 1.51. The molecule has 0 unspecified atom stereocenters. The maximum absolute atomic E-state index is 14.3. The highest BCUT2D eigenvalue weighted by Gasteiger charge is 2.53. The summed E-state index contributed by atoms with van der Waals surface area (Å²) < 4.78 is 14.0. The predicted molar refractivity (Wildman–Crippen MR) is 175 cm³/mol. The number of carbonyl (C=O) groups excluding carboxylic acids is 1. The second kappa shape index (κ2) is 14.5. The van der Waals surface area contributed by atoms with Crippen LogP contribution in [0.15, 0.2) is 111 Å². The first kappa shape index (κ1) is 31.2. The fourth-order valence-electron chi connectivity index (χ4n) is 4.80. The van der Waals surface area contributed by atoms with Gasteiger partial charge in [0, 0.05) is 51.1 Å². The lowest BCUT2D eigenvalue weighted by molar-refractivity contribution is -0.130. The van der Waals surface area contributed by atoms with Crippen LogP contribution < -0.4 is 15.6 Å². The van der Waals surface area contributed by atoms with Crippen molar-refractivity contribution in [2.45, 2.75) is 31.0 Å². The zero-order valence-corrected chi connectivity index (χ0v) is 27.0. The number of aliphatic hydroxyl groups is 1. The average Bonchev–Trinajstić information content (AvgIpc) is 3.40.